The van der Waals surface area contributed by atoms with Gasteiger partial charge < -0.3 is 10.1 Å². The molecule has 3 aromatic rings. The molecule has 0 atom stereocenters. The molecule has 2 heterocycles. The van der Waals surface area contributed by atoms with Gasteiger partial charge in [0.2, 0.25) is 5.95 Å². The molecule has 0 aliphatic heterocycles. The fourth-order valence-corrected chi connectivity index (χ4v) is 3.16. The lowest BCUT2D eigenvalue weighted by molar-refractivity contribution is 0.415. The highest BCUT2D eigenvalue weighted by molar-refractivity contribution is 7.22. The fraction of sp³-hybridized carbons (Fsp3) is 0.250. The van der Waals surface area contributed by atoms with E-state index >= 15 is 0 Å². The normalized spacial score (nSPS) is 10.8. The average Bonchev–Trinajstić information content (AvgIpc) is 2.97. The molecule has 0 unspecified atom stereocenters. The molecule has 0 bridgehead atoms. The minimum Gasteiger partial charge on any atom is -0.497 e. The maximum absolute atomic E-state index is 12.2. The zero-order chi connectivity index (χ0) is 15.5. The number of ether oxygens (including phenoxy) is 1. The minimum atomic E-state index is -0.103. The van der Waals surface area contributed by atoms with Gasteiger partial charge in [0.15, 0.2) is 0 Å². The molecule has 22 heavy (non-hydrogen) atoms. The summed E-state index contributed by atoms with van der Waals surface area (Å²) in [6.07, 6.45) is 0.975. The molecule has 0 radical (unpaired) electrons. The monoisotopic (exact) mass is 315 g/mol. The molecule has 3 rings (SSSR count). The molecular formula is C16H17N3O2S. The number of aromatic amines is 1. The van der Waals surface area contributed by atoms with Gasteiger partial charge in [0.25, 0.3) is 5.56 Å². The van der Waals surface area contributed by atoms with E-state index in [0.717, 1.165) is 34.7 Å². The van der Waals surface area contributed by atoms with Crippen LogP contribution in [0.2, 0.25) is 0 Å². The molecular weight excluding hydrogens is 298 g/mol. The Morgan fingerprint density at radius 2 is 2.09 bits per heavy atom. The molecule has 2 N–H and O–H groups in total. The zero-order valence-corrected chi connectivity index (χ0v) is 13.3. The predicted octanol–water partition coefficient (Wildman–Crippen LogP) is 3.48. The Hall–Kier alpha value is -2.34. The first-order chi connectivity index (χ1) is 10.7. The number of hydrogen-bond acceptors (Lipinski definition) is 5. The summed E-state index contributed by atoms with van der Waals surface area (Å²) < 4.78 is 5.81. The number of aromatic nitrogens is 2. The summed E-state index contributed by atoms with van der Waals surface area (Å²) in [6, 6.07) is 9.73. The Balaban J connectivity index is 2.01. The molecule has 0 aliphatic carbocycles. The van der Waals surface area contributed by atoms with Crippen LogP contribution in [-0.2, 0) is 0 Å². The Kier molecular flexibility index (Phi) is 4.11. The molecule has 2 aromatic heterocycles. The van der Waals surface area contributed by atoms with Crippen molar-refractivity contribution in [2.75, 3.05) is 19.0 Å². The van der Waals surface area contributed by atoms with Gasteiger partial charge in [-0.3, -0.25) is 9.78 Å². The number of nitrogens with zero attached hydrogens (tertiary/aromatic N) is 1. The van der Waals surface area contributed by atoms with E-state index in [1.165, 1.54) is 11.3 Å². The number of anilines is 1. The van der Waals surface area contributed by atoms with Gasteiger partial charge in [-0.25, -0.2) is 4.98 Å². The second kappa shape index (κ2) is 6.19. The van der Waals surface area contributed by atoms with Crippen LogP contribution in [0.1, 0.15) is 13.3 Å². The van der Waals surface area contributed by atoms with Crippen molar-refractivity contribution >= 4 is 27.5 Å². The molecule has 6 heteroatoms. The summed E-state index contributed by atoms with van der Waals surface area (Å²) in [4.78, 5) is 20.4. The quantitative estimate of drug-likeness (QED) is 0.756. The number of methoxy groups -OCH3 is 1. The van der Waals surface area contributed by atoms with Gasteiger partial charge in [0, 0.05) is 11.4 Å². The lowest BCUT2D eigenvalue weighted by atomic mass is 10.2. The number of benzene rings is 1. The van der Waals surface area contributed by atoms with E-state index in [9.17, 15) is 4.79 Å². The molecule has 0 amide bonds. The summed E-state index contributed by atoms with van der Waals surface area (Å²) in [5.74, 6) is 1.34. The van der Waals surface area contributed by atoms with Crippen LogP contribution < -0.4 is 15.6 Å². The first-order valence-corrected chi connectivity index (χ1v) is 7.95. The van der Waals surface area contributed by atoms with Gasteiger partial charge >= 0.3 is 0 Å². The molecule has 5 nitrogen and oxygen atoms in total. The summed E-state index contributed by atoms with van der Waals surface area (Å²) in [5.41, 5.74) is 1.66. The van der Waals surface area contributed by atoms with Crippen LogP contribution in [0.25, 0.3) is 20.7 Å². The summed E-state index contributed by atoms with van der Waals surface area (Å²) in [5, 5.41) is 3.11. The van der Waals surface area contributed by atoms with E-state index in [1.807, 2.05) is 30.3 Å². The van der Waals surface area contributed by atoms with Gasteiger partial charge in [0.05, 0.1) is 12.6 Å². The van der Waals surface area contributed by atoms with Gasteiger partial charge in [-0.05, 0) is 42.3 Å². The van der Waals surface area contributed by atoms with Gasteiger partial charge in [-0.1, -0.05) is 6.92 Å². The van der Waals surface area contributed by atoms with Crippen LogP contribution in [0.5, 0.6) is 5.75 Å². The van der Waals surface area contributed by atoms with Crippen LogP contribution in [0.15, 0.2) is 35.1 Å². The molecule has 0 aliphatic rings. The van der Waals surface area contributed by atoms with Crippen LogP contribution in [-0.4, -0.2) is 23.6 Å². The first kappa shape index (κ1) is 14.6. The van der Waals surface area contributed by atoms with E-state index in [0.29, 0.717) is 10.6 Å². The minimum absolute atomic E-state index is 0.103. The SMILES string of the molecule is CCCNc1nc2cc(-c3ccc(OC)cc3)sc2c(=O)[nH]1. The topological polar surface area (TPSA) is 67.0 Å². The van der Waals surface area contributed by atoms with Crippen LogP contribution in [0, 0.1) is 0 Å². The number of fused-ring (bicyclic) bond motifs is 1. The van der Waals surface area contributed by atoms with Crippen LogP contribution in [0.4, 0.5) is 5.95 Å². The first-order valence-electron chi connectivity index (χ1n) is 7.13. The van der Waals surface area contributed by atoms with Crippen molar-refractivity contribution < 1.29 is 4.74 Å². The van der Waals surface area contributed by atoms with E-state index < -0.39 is 0 Å². The second-order valence-electron chi connectivity index (χ2n) is 4.89. The van der Waals surface area contributed by atoms with Crippen molar-refractivity contribution in [3.05, 3.63) is 40.7 Å². The number of thiophene rings is 1. The third kappa shape index (κ3) is 2.82. The molecule has 0 spiro atoms. The number of H-pyrrole nitrogens is 1. The molecule has 0 fully saturated rings. The van der Waals surface area contributed by atoms with E-state index in [2.05, 4.69) is 22.2 Å². The highest BCUT2D eigenvalue weighted by Crippen LogP contribution is 2.32. The third-order valence-corrected chi connectivity index (χ3v) is 4.47. The van der Waals surface area contributed by atoms with Crippen molar-refractivity contribution in [2.24, 2.45) is 0 Å². The Morgan fingerprint density at radius 3 is 2.77 bits per heavy atom. The van der Waals surface area contributed by atoms with Crippen molar-refractivity contribution in [1.29, 1.82) is 0 Å². The molecule has 114 valence electrons. The third-order valence-electron chi connectivity index (χ3n) is 3.30. The van der Waals surface area contributed by atoms with Crippen LogP contribution in [0.3, 0.4) is 0 Å². The van der Waals surface area contributed by atoms with Gasteiger partial charge in [0.1, 0.15) is 10.4 Å². The highest BCUT2D eigenvalue weighted by atomic mass is 32.1. The van der Waals surface area contributed by atoms with E-state index in [4.69, 9.17) is 4.74 Å². The standard InChI is InChI=1S/C16H17N3O2S/c1-3-8-17-16-18-12-9-13(22-14(12)15(20)19-16)10-4-6-11(21-2)7-5-10/h4-7,9H,3,8H2,1-2H3,(H2,17,18,19,20). The summed E-state index contributed by atoms with van der Waals surface area (Å²) in [7, 11) is 1.64. The molecule has 0 saturated heterocycles. The molecule has 0 saturated carbocycles. The molecule has 1 aromatic carbocycles. The Bertz CT molecular complexity index is 837. The van der Waals surface area contributed by atoms with Crippen LogP contribution >= 0.6 is 11.3 Å². The van der Waals surface area contributed by atoms with Crippen molar-refractivity contribution in [1.82, 2.24) is 9.97 Å². The maximum Gasteiger partial charge on any atom is 0.270 e. The lowest BCUT2D eigenvalue weighted by Crippen LogP contribution is -2.12. The predicted molar refractivity (Wildman–Crippen MR) is 91.0 cm³/mol. The zero-order valence-electron chi connectivity index (χ0n) is 12.5. The van der Waals surface area contributed by atoms with Crippen molar-refractivity contribution in [3.8, 4) is 16.2 Å². The smallest absolute Gasteiger partial charge is 0.270 e. The number of hydrogen-bond donors (Lipinski definition) is 2. The maximum atomic E-state index is 12.2. The Morgan fingerprint density at radius 1 is 1.32 bits per heavy atom. The van der Waals surface area contributed by atoms with Gasteiger partial charge in [-0.15, -0.1) is 11.3 Å². The summed E-state index contributed by atoms with van der Waals surface area (Å²) >= 11 is 1.45. The number of rotatable bonds is 5. The fourth-order valence-electron chi connectivity index (χ4n) is 2.16. The van der Waals surface area contributed by atoms with E-state index in [-0.39, 0.29) is 5.56 Å². The second-order valence-corrected chi connectivity index (χ2v) is 5.95. The highest BCUT2D eigenvalue weighted by Gasteiger charge is 2.10. The van der Waals surface area contributed by atoms with Crippen molar-refractivity contribution in [3.63, 3.8) is 0 Å². The Labute approximate surface area is 132 Å². The van der Waals surface area contributed by atoms with Gasteiger partial charge in [-0.2, -0.15) is 0 Å². The lowest BCUT2D eigenvalue weighted by Gasteiger charge is -2.02. The van der Waals surface area contributed by atoms with Crippen molar-refractivity contribution in [2.45, 2.75) is 13.3 Å². The summed E-state index contributed by atoms with van der Waals surface area (Å²) in [6.45, 7) is 2.85. The largest absolute Gasteiger partial charge is 0.497 e. The average molecular weight is 315 g/mol. The van der Waals surface area contributed by atoms with E-state index in [1.54, 1.807) is 7.11 Å². The number of nitrogens with one attached hydrogen (secondary N) is 2.